The van der Waals surface area contributed by atoms with Gasteiger partial charge in [-0.25, -0.2) is 0 Å². The number of alkyl halides is 1. The Kier molecular flexibility index (Phi) is 5.48. The summed E-state index contributed by atoms with van der Waals surface area (Å²) in [6, 6.07) is 8.15. The molecule has 1 atom stereocenters. The minimum absolute atomic E-state index is 0.239. The van der Waals surface area contributed by atoms with Gasteiger partial charge in [-0.05, 0) is 25.5 Å². The molecule has 0 bridgehead atoms. The number of nitrogens with zero attached hydrogens (tertiary/aromatic N) is 1. The van der Waals surface area contributed by atoms with Crippen molar-refractivity contribution in [2.45, 2.75) is 18.7 Å². The first-order valence-corrected chi connectivity index (χ1v) is 6.54. The van der Waals surface area contributed by atoms with Gasteiger partial charge < -0.3 is 9.64 Å². The number of carbonyl (C=O) groups excluding carboxylic acids is 1. The fourth-order valence-electron chi connectivity index (χ4n) is 1.71. The minimum atomic E-state index is -0.299. The van der Waals surface area contributed by atoms with Gasteiger partial charge in [0.25, 0.3) is 0 Å². The molecule has 0 radical (unpaired) electrons. The summed E-state index contributed by atoms with van der Waals surface area (Å²) in [5.41, 5.74) is 2.36. The minimum Gasteiger partial charge on any atom is -0.468 e. The van der Waals surface area contributed by atoms with E-state index in [1.807, 2.05) is 12.1 Å². The molecule has 3 nitrogen and oxygen atoms in total. The van der Waals surface area contributed by atoms with E-state index in [1.54, 1.807) is 0 Å². The zero-order chi connectivity index (χ0) is 12.8. The van der Waals surface area contributed by atoms with Gasteiger partial charge in [0, 0.05) is 18.8 Å². The average Bonchev–Trinajstić information content (AvgIpc) is 2.35. The van der Waals surface area contributed by atoms with E-state index >= 15 is 0 Å². The van der Waals surface area contributed by atoms with Crippen LogP contribution in [0.4, 0.5) is 5.69 Å². The van der Waals surface area contributed by atoms with E-state index in [4.69, 9.17) is 4.74 Å². The van der Waals surface area contributed by atoms with Crippen molar-refractivity contribution >= 4 is 27.6 Å². The first-order chi connectivity index (χ1) is 8.10. The van der Waals surface area contributed by atoms with Crippen LogP contribution in [-0.4, -0.2) is 31.0 Å². The first kappa shape index (κ1) is 14.0. The van der Waals surface area contributed by atoms with Gasteiger partial charge in [-0.2, -0.15) is 0 Å². The maximum absolute atomic E-state index is 11.4. The number of ether oxygens (including phenoxy) is 1. The van der Waals surface area contributed by atoms with Crippen LogP contribution < -0.4 is 4.90 Å². The van der Waals surface area contributed by atoms with Crippen LogP contribution in [0, 0.1) is 6.92 Å². The summed E-state index contributed by atoms with van der Waals surface area (Å²) in [5.74, 6) is -0.239. The second kappa shape index (κ2) is 6.64. The highest BCUT2D eigenvalue weighted by Crippen LogP contribution is 2.20. The summed E-state index contributed by atoms with van der Waals surface area (Å²) in [7, 11) is 1.40. The zero-order valence-electron chi connectivity index (χ0n) is 10.4. The number of para-hydroxylation sites is 1. The Balaban J connectivity index is 2.79. The number of rotatable bonds is 5. The predicted octanol–water partition coefficient (Wildman–Crippen LogP) is 2.76. The van der Waals surface area contributed by atoms with Crippen molar-refractivity contribution in [3.05, 3.63) is 29.8 Å². The van der Waals surface area contributed by atoms with Gasteiger partial charge >= 0.3 is 5.97 Å². The van der Waals surface area contributed by atoms with Crippen LogP contribution >= 0.6 is 15.9 Å². The number of carbonyl (C=O) groups is 1. The largest absolute Gasteiger partial charge is 0.468 e. The normalized spacial score (nSPS) is 12.0. The molecule has 0 aliphatic carbocycles. The molecule has 0 spiro atoms. The lowest BCUT2D eigenvalue weighted by Gasteiger charge is -2.26. The lowest BCUT2D eigenvalue weighted by molar-refractivity contribution is -0.139. The third-order valence-corrected chi connectivity index (χ3v) is 3.34. The summed E-state index contributed by atoms with van der Waals surface area (Å²) in [6.07, 6.45) is 0. The number of hydrogen-bond acceptors (Lipinski definition) is 3. The van der Waals surface area contributed by atoms with E-state index in [9.17, 15) is 4.79 Å². The molecule has 0 N–H and O–H groups in total. The molecule has 1 aromatic carbocycles. The Morgan fingerprint density at radius 3 is 2.65 bits per heavy atom. The highest BCUT2D eigenvalue weighted by Gasteiger charge is 2.19. The zero-order valence-corrected chi connectivity index (χ0v) is 12.0. The second-order valence-corrected chi connectivity index (χ2v) is 4.92. The molecule has 0 heterocycles. The van der Waals surface area contributed by atoms with Crippen molar-refractivity contribution in [2.24, 2.45) is 0 Å². The van der Waals surface area contributed by atoms with Gasteiger partial charge in [0.2, 0.25) is 0 Å². The standard InChI is InChI=1S/C13H18BrNO2/c1-4-15(9-11(14)13(16)17-3)12-8-6-5-7-10(12)2/h5-8,11H,4,9H2,1-3H3. The number of methoxy groups -OCH3 is 1. The van der Waals surface area contributed by atoms with E-state index in [-0.39, 0.29) is 10.8 Å². The summed E-state index contributed by atoms with van der Waals surface area (Å²) in [5, 5.41) is 0. The molecule has 94 valence electrons. The third kappa shape index (κ3) is 3.73. The van der Waals surface area contributed by atoms with Crippen molar-refractivity contribution in [3.63, 3.8) is 0 Å². The van der Waals surface area contributed by atoms with Crippen molar-refractivity contribution < 1.29 is 9.53 Å². The highest BCUT2D eigenvalue weighted by atomic mass is 79.9. The molecule has 0 amide bonds. The summed E-state index contributed by atoms with van der Waals surface area (Å²) in [4.78, 5) is 13.2. The lowest BCUT2D eigenvalue weighted by Crippen LogP contribution is -2.34. The molecule has 0 saturated heterocycles. The highest BCUT2D eigenvalue weighted by molar-refractivity contribution is 9.10. The number of halogens is 1. The number of benzene rings is 1. The molecule has 4 heteroatoms. The van der Waals surface area contributed by atoms with E-state index in [0.29, 0.717) is 6.54 Å². The van der Waals surface area contributed by atoms with Gasteiger partial charge in [-0.1, -0.05) is 34.1 Å². The van der Waals surface area contributed by atoms with E-state index in [0.717, 1.165) is 12.2 Å². The molecule has 0 saturated carbocycles. The van der Waals surface area contributed by atoms with Crippen LogP contribution in [0.25, 0.3) is 0 Å². The first-order valence-electron chi connectivity index (χ1n) is 5.62. The van der Waals surface area contributed by atoms with Crippen molar-refractivity contribution in [3.8, 4) is 0 Å². The molecule has 1 rings (SSSR count). The van der Waals surface area contributed by atoms with Crippen LogP contribution in [0.3, 0.4) is 0 Å². The molecule has 0 aliphatic heterocycles. The van der Waals surface area contributed by atoms with Crippen molar-refractivity contribution in [2.75, 3.05) is 25.1 Å². The quantitative estimate of drug-likeness (QED) is 0.618. The fraction of sp³-hybridized carbons (Fsp3) is 0.462. The average molecular weight is 300 g/mol. The van der Waals surface area contributed by atoms with Crippen LogP contribution in [0.5, 0.6) is 0 Å². The van der Waals surface area contributed by atoms with Gasteiger partial charge in [0.05, 0.1) is 7.11 Å². The Labute approximate surface area is 111 Å². The van der Waals surface area contributed by atoms with Crippen LogP contribution in [0.2, 0.25) is 0 Å². The Morgan fingerprint density at radius 1 is 1.47 bits per heavy atom. The van der Waals surface area contributed by atoms with Gasteiger partial charge in [0.1, 0.15) is 4.83 Å². The molecule has 0 aromatic heterocycles. The van der Waals surface area contributed by atoms with Crippen molar-refractivity contribution in [1.29, 1.82) is 0 Å². The van der Waals surface area contributed by atoms with E-state index in [2.05, 4.69) is 46.8 Å². The fourth-order valence-corrected chi connectivity index (χ4v) is 2.25. The molecule has 17 heavy (non-hydrogen) atoms. The summed E-state index contributed by atoms with van der Waals surface area (Å²) >= 11 is 3.35. The summed E-state index contributed by atoms with van der Waals surface area (Å²) in [6.45, 7) is 5.60. The summed E-state index contributed by atoms with van der Waals surface area (Å²) < 4.78 is 4.71. The third-order valence-electron chi connectivity index (χ3n) is 2.68. The monoisotopic (exact) mass is 299 g/mol. The number of anilines is 1. The second-order valence-electron chi connectivity index (χ2n) is 3.82. The van der Waals surface area contributed by atoms with Crippen molar-refractivity contribution in [1.82, 2.24) is 0 Å². The smallest absolute Gasteiger partial charge is 0.321 e. The number of aryl methyl sites for hydroxylation is 1. The molecule has 0 aliphatic rings. The predicted molar refractivity (Wildman–Crippen MR) is 73.8 cm³/mol. The van der Waals surface area contributed by atoms with E-state index < -0.39 is 0 Å². The lowest BCUT2D eigenvalue weighted by atomic mass is 10.1. The SMILES string of the molecule is CCN(CC(Br)C(=O)OC)c1ccccc1C. The molecule has 1 aromatic rings. The maximum Gasteiger partial charge on any atom is 0.321 e. The molecule has 1 unspecified atom stereocenters. The molecule has 0 fully saturated rings. The topological polar surface area (TPSA) is 29.5 Å². The molecular formula is C13H18BrNO2. The maximum atomic E-state index is 11.4. The number of hydrogen-bond donors (Lipinski definition) is 0. The van der Waals surface area contributed by atoms with Crippen LogP contribution in [0.1, 0.15) is 12.5 Å². The van der Waals surface area contributed by atoms with E-state index in [1.165, 1.54) is 12.7 Å². The van der Waals surface area contributed by atoms with Gasteiger partial charge in [0.15, 0.2) is 0 Å². The van der Waals surface area contributed by atoms with Crippen LogP contribution in [-0.2, 0) is 9.53 Å². The molecular weight excluding hydrogens is 282 g/mol. The van der Waals surface area contributed by atoms with Gasteiger partial charge in [-0.3, -0.25) is 4.79 Å². The Bertz CT molecular complexity index is 381. The Morgan fingerprint density at radius 2 is 2.12 bits per heavy atom. The number of esters is 1. The van der Waals surface area contributed by atoms with Gasteiger partial charge in [-0.15, -0.1) is 0 Å². The Hall–Kier alpha value is -1.03. The van der Waals surface area contributed by atoms with Crippen LogP contribution in [0.15, 0.2) is 24.3 Å².